The molecule has 0 amide bonds. The number of halogens is 1. The largest absolute Gasteiger partial charge is 0.231 e. The van der Waals surface area contributed by atoms with E-state index in [1.165, 1.54) is 11.8 Å². The van der Waals surface area contributed by atoms with Crippen LogP contribution < -0.4 is 0 Å². The Kier molecular flexibility index (Phi) is 3.97. The van der Waals surface area contributed by atoms with Gasteiger partial charge in [0.15, 0.2) is 5.16 Å². The standard InChI is InChI=1S/C12H13BrN4S/c1-12(2,3)10-16-8(13)7-9(17-10)18-11-14-5-4-6-15-11/h4-7H,1-3H3. The quantitative estimate of drug-likeness (QED) is 0.625. The summed E-state index contributed by atoms with van der Waals surface area (Å²) in [5.41, 5.74) is -0.0867. The summed E-state index contributed by atoms with van der Waals surface area (Å²) in [6.45, 7) is 6.26. The first kappa shape index (κ1) is 13.4. The molecule has 0 bridgehead atoms. The minimum Gasteiger partial charge on any atom is -0.231 e. The zero-order valence-electron chi connectivity index (χ0n) is 10.4. The molecule has 0 radical (unpaired) electrons. The molecule has 0 fully saturated rings. The number of nitrogens with zero attached hydrogens (tertiary/aromatic N) is 4. The van der Waals surface area contributed by atoms with E-state index in [1.54, 1.807) is 18.5 Å². The number of aromatic nitrogens is 4. The summed E-state index contributed by atoms with van der Waals surface area (Å²) in [6, 6.07) is 3.66. The highest BCUT2D eigenvalue weighted by atomic mass is 79.9. The van der Waals surface area contributed by atoms with Crippen LogP contribution in [0, 0.1) is 0 Å². The van der Waals surface area contributed by atoms with E-state index in [2.05, 4.69) is 56.6 Å². The normalized spacial score (nSPS) is 11.6. The maximum absolute atomic E-state index is 4.54. The van der Waals surface area contributed by atoms with Crippen LogP contribution >= 0.6 is 27.7 Å². The fraction of sp³-hybridized carbons (Fsp3) is 0.333. The van der Waals surface area contributed by atoms with Crippen molar-refractivity contribution in [2.24, 2.45) is 0 Å². The third-order valence-corrected chi connectivity index (χ3v) is 3.30. The third kappa shape index (κ3) is 3.49. The van der Waals surface area contributed by atoms with Crippen LogP contribution in [-0.2, 0) is 5.41 Å². The molecular formula is C12H13BrN4S. The van der Waals surface area contributed by atoms with Crippen molar-refractivity contribution in [1.29, 1.82) is 0 Å². The van der Waals surface area contributed by atoms with Crippen molar-refractivity contribution in [2.45, 2.75) is 36.4 Å². The summed E-state index contributed by atoms with van der Waals surface area (Å²) in [7, 11) is 0. The van der Waals surface area contributed by atoms with E-state index in [0.29, 0.717) is 5.16 Å². The molecule has 0 saturated carbocycles. The number of hydrogen-bond acceptors (Lipinski definition) is 5. The van der Waals surface area contributed by atoms with E-state index in [0.717, 1.165) is 15.5 Å². The van der Waals surface area contributed by atoms with E-state index in [-0.39, 0.29) is 5.41 Å². The predicted octanol–water partition coefficient (Wildman–Crippen LogP) is 3.48. The summed E-state index contributed by atoms with van der Waals surface area (Å²) >= 11 is 4.84. The van der Waals surface area contributed by atoms with Gasteiger partial charge in [0.1, 0.15) is 15.5 Å². The second kappa shape index (κ2) is 5.32. The molecule has 2 aromatic heterocycles. The van der Waals surface area contributed by atoms with Gasteiger partial charge in [0.05, 0.1) is 0 Å². The molecule has 94 valence electrons. The molecule has 2 rings (SSSR count). The lowest BCUT2D eigenvalue weighted by Gasteiger charge is -2.17. The summed E-state index contributed by atoms with van der Waals surface area (Å²) in [4.78, 5) is 17.3. The molecule has 0 N–H and O–H groups in total. The van der Waals surface area contributed by atoms with Crippen LogP contribution in [0.1, 0.15) is 26.6 Å². The molecule has 0 aliphatic carbocycles. The molecule has 0 aliphatic rings. The molecule has 0 atom stereocenters. The summed E-state index contributed by atoms with van der Waals surface area (Å²) in [6.07, 6.45) is 3.44. The fourth-order valence-corrected chi connectivity index (χ4v) is 2.47. The monoisotopic (exact) mass is 324 g/mol. The minimum absolute atomic E-state index is 0.0867. The Morgan fingerprint density at radius 3 is 2.39 bits per heavy atom. The van der Waals surface area contributed by atoms with Gasteiger partial charge in [-0.1, -0.05) is 20.8 Å². The van der Waals surface area contributed by atoms with E-state index in [9.17, 15) is 0 Å². The molecule has 0 aromatic carbocycles. The second-order valence-electron chi connectivity index (χ2n) is 4.74. The van der Waals surface area contributed by atoms with Gasteiger partial charge in [-0.15, -0.1) is 0 Å². The van der Waals surface area contributed by atoms with E-state index in [4.69, 9.17) is 0 Å². The van der Waals surface area contributed by atoms with E-state index >= 15 is 0 Å². The molecule has 18 heavy (non-hydrogen) atoms. The van der Waals surface area contributed by atoms with E-state index in [1.807, 2.05) is 6.07 Å². The first-order chi connectivity index (χ1) is 8.45. The average Bonchev–Trinajstić information content (AvgIpc) is 2.28. The highest BCUT2D eigenvalue weighted by Crippen LogP contribution is 2.27. The molecule has 0 unspecified atom stereocenters. The third-order valence-electron chi connectivity index (χ3n) is 2.08. The maximum atomic E-state index is 4.54. The topological polar surface area (TPSA) is 51.6 Å². The molecular weight excluding hydrogens is 312 g/mol. The van der Waals surface area contributed by atoms with Crippen LogP contribution in [-0.4, -0.2) is 19.9 Å². The van der Waals surface area contributed by atoms with Crippen molar-refractivity contribution in [2.75, 3.05) is 0 Å². The average molecular weight is 325 g/mol. The van der Waals surface area contributed by atoms with Crippen molar-refractivity contribution in [1.82, 2.24) is 19.9 Å². The van der Waals surface area contributed by atoms with Crippen LogP contribution in [0.15, 0.2) is 39.3 Å². The van der Waals surface area contributed by atoms with E-state index < -0.39 is 0 Å². The van der Waals surface area contributed by atoms with Crippen LogP contribution in [0.25, 0.3) is 0 Å². The van der Waals surface area contributed by atoms with Gasteiger partial charge in [0, 0.05) is 23.9 Å². The van der Waals surface area contributed by atoms with Gasteiger partial charge in [-0.3, -0.25) is 0 Å². The molecule has 2 aromatic rings. The Hall–Kier alpha value is -1.01. The zero-order chi connectivity index (χ0) is 13.2. The lowest BCUT2D eigenvalue weighted by Crippen LogP contribution is -2.16. The molecule has 0 saturated heterocycles. The van der Waals surface area contributed by atoms with Gasteiger partial charge >= 0.3 is 0 Å². The van der Waals surface area contributed by atoms with Gasteiger partial charge in [0.25, 0.3) is 0 Å². The van der Waals surface area contributed by atoms with Gasteiger partial charge in [-0.2, -0.15) is 0 Å². The Labute approximate surface area is 119 Å². The van der Waals surface area contributed by atoms with Gasteiger partial charge in [-0.25, -0.2) is 19.9 Å². The van der Waals surface area contributed by atoms with Crippen molar-refractivity contribution in [3.8, 4) is 0 Å². The van der Waals surface area contributed by atoms with Crippen LogP contribution in [0.2, 0.25) is 0 Å². The van der Waals surface area contributed by atoms with Gasteiger partial charge < -0.3 is 0 Å². The Balaban J connectivity index is 2.32. The Bertz CT molecular complexity index is 540. The molecule has 2 heterocycles. The molecule has 6 heteroatoms. The van der Waals surface area contributed by atoms with Crippen molar-refractivity contribution >= 4 is 27.7 Å². The summed E-state index contributed by atoms with van der Waals surface area (Å²) in [5, 5.41) is 1.52. The first-order valence-electron chi connectivity index (χ1n) is 5.45. The van der Waals surface area contributed by atoms with Crippen molar-refractivity contribution < 1.29 is 0 Å². The lowest BCUT2D eigenvalue weighted by molar-refractivity contribution is 0.536. The predicted molar refractivity (Wildman–Crippen MR) is 74.6 cm³/mol. The number of hydrogen-bond donors (Lipinski definition) is 0. The van der Waals surface area contributed by atoms with Crippen LogP contribution in [0.5, 0.6) is 0 Å². The lowest BCUT2D eigenvalue weighted by atomic mass is 9.96. The van der Waals surface area contributed by atoms with Crippen molar-refractivity contribution in [3.63, 3.8) is 0 Å². The molecule has 0 aliphatic heterocycles. The Morgan fingerprint density at radius 2 is 1.78 bits per heavy atom. The smallest absolute Gasteiger partial charge is 0.193 e. The highest BCUT2D eigenvalue weighted by Gasteiger charge is 2.19. The number of rotatable bonds is 2. The van der Waals surface area contributed by atoms with Crippen LogP contribution in [0.4, 0.5) is 0 Å². The van der Waals surface area contributed by atoms with Crippen molar-refractivity contribution in [3.05, 3.63) is 35.0 Å². The van der Waals surface area contributed by atoms with Gasteiger partial charge in [-0.05, 0) is 33.8 Å². The summed E-state index contributed by atoms with van der Waals surface area (Å²) < 4.78 is 0.779. The maximum Gasteiger partial charge on any atom is 0.193 e. The van der Waals surface area contributed by atoms with Gasteiger partial charge in [0.2, 0.25) is 0 Å². The fourth-order valence-electron chi connectivity index (χ4n) is 1.22. The first-order valence-corrected chi connectivity index (χ1v) is 7.06. The SMILES string of the molecule is CC(C)(C)c1nc(Br)cc(Sc2ncccn2)n1. The molecule has 0 spiro atoms. The molecule has 4 nitrogen and oxygen atoms in total. The second-order valence-corrected chi connectivity index (χ2v) is 6.54. The minimum atomic E-state index is -0.0867. The highest BCUT2D eigenvalue weighted by molar-refractivity contribution is 9.10. The van der Waals surface area contributed by atoms with Crippen LogP contribution in [0.3, 0.4) is 0 Å². The Morgan fingerprint density at radius 1 is 1.11 bits per heavy atom. The zero-order valence-corrected chi connectivity index (χ0v) is 12.8. The summed E-state index contributed by atoms with van der Waals surface area (Å²) in [5.74, 6) is 0.801.